The predicted octanol–water partition coefficient (Wildman–Crippen LogP) is 1.82. The van der Waals surface area contributed by atoms with Gasteiger partial charge < -0.3 is 15.4 Å². The summed E-state index contributed by atoms with van der Waals surface area (Å²) in [7, 11) is 0. The molecular weight excluding hydrogens is 220 g/mol. The lowest BCUT2D eigenvalue weighted by Gasteiger charge is -2.23. The third-order valence-electron chi connectivity index (χ3n) is 3.58. The average Bonchev–Trinajstić information content (AvgIpc) is 2.81. The van der Waals surface area contributed by atoms with Crippen molar-refractivity contribution in [3.8, 4) is 0 Å². The Bertz CT molecular complexity index is 223. The molecule has 0 spiro atoms. The fourth-order valence-corrected chi connectivity index (χ4v) is 2.74. The molecule has 2 aliphatic rings. The van der Waals surface area contributed by atoms with Gasteiger partial charge in [0.15, 0.2) is 5.11 Å². The molecule has 92 valence electrons. The molecule has 1 aliphatic carbocycles. The predicted molar refractivity (Wildman–Crippen MR) is 69.5 cm³/mol. The van der Waals surface area contributed by atoms with Crippen LogP contribution in [-0.4, -0.2) is 30.9 Å². The molecule has 1 saturated heterocycles. The molecule has 0 aromatic carbocycles. The van der Waals surface area contributed by atoms with Crippen LogP contribution in [0.3, 0.4) is 0 Å². The molecule has 4 heteroatoms. The van der Waals surface area contributed by atoms with Gasteiger partial charge in [-0.1, -0.05) is 12.8 Å². The molecule has 3 nitrogen and oxygen atoms in total. The number of thiocarbonyl (C=S) groups is 1. The van der Waals surface area contributed by atoms with E-state index in [9.17, 15) is 0 Å². The summed E-state index contributed by atoms with van der Waals surface area (Å²) in [6.45, 7) is 2.83. The first-order valence-electron chi connectivity index (χ1n) is 6.46. The van der Waals surface area contributed by atoms with Gasteiger partial charge in [-0.05, 0) is 43.8 Å². The highest BCUT2D eigenvalue weighted by atomic mass is 32.1. The van der Waals surface area contributed by atoms with Crippen molar-refractivity contribution in [2.75, 3.05) is 19.8 Å². The quantitative estimate of drug-likeness (QED) is 0.740. The van der Waals surface area contributed by atoms with Crippen LogP contribution in [0.2, 0.25) is 0 Å². The second-order valence-corrected chi connectivity index (χ2v) is 5.30. The Balaban J connectivity index is 1.59. The fraction of sp³-hybridized carbons (Fsp3) is 0.917. The molecule has 1 aliphatic heterocycles. The summed E-state index contributed by atoms with van der Waals surface area (Å²) in [6.07, 6.45) is 7.58. The molecule has 2 rings (SSSR count). The summed E-state index contributed by atoms with van der Waals surface area (Å²) in [5.74, 6) is 0.733. The Morgan fingerprint density at radius 3 is 2.50 bits per heavy atom. The van der Waals surface area contributed by atoms with Gasteiger partial charge in [-0.15, -0.1) is 0 Å². The van der Waals surface area contributed by atoms with Gasteiger partial charge in [0.05, 0.1) is 0 Å². The molecule has 0 atom stereocenters. The second kappa shape index (κ2) is 6.40. The highest BCUT2D eigenvalue weighted by molar-refractivity contribution is 7.80. The van der Waals surface area contributed by atoms with E-state index in [2.05, 4.69) is 10.6 Å². The maximum atomic E-state index is 5.34. The van der Waals surface area contributed by atoms with Gasteiger partial charge in [-0.3, -0.25) is 0 Å². The summed E-state index contributed by atoms with van der Waals surface area (Å²) in [5, 5.41) is 7.60. The lowest BCUT2D eigenvalue weighted by molar-refractivity contribution is 0.0676. The molecule has 0 aromatic rings. The van der Waals surface area contributed by atoms with E-state index in [-0.39, 0.29) is 0 Å². The Morgan fingerprint density at radius 2 is 1.81 bits per heavy atom. The molecule has 0 aromatic heterocycles. The number of hydrogen-bond acceptors (Lipinski definition) is 2. The van der Waals surface area contributed by atoms with Crippen LogP contribution in [0.25, 0.3) is 0 Å². The molecule has 1 heterocycles. The third kappa shape index (κ3) is 3.91. The van der Waals surface area contributed by atoms with E-state index in [4.69, 9.17) is 17.0 Å². The SMILES string of the molecule is S=C(NCC1CCOCC1)NC1CCCC1. The van der Waals surface area contributed by atoms with Crippen molar-refractivity contribution in [2.45, 2.75) is 44.6 Å². The number of ether oxygens (including phenoxy) is 1. The van der Waals surface area contributed by atoms with Gasteiger partial charge in [0, 0.05) is 25.8 Å². The van der Waals surface area contributed by atoms with E-state index in [0.717, 1.165) is 30.8 Å². The van der Waals surface area contributed by atoms with E-state index in [1.807, 2.05) is 0 Å². The largest absolute Gasteiger partial charge is 0.381 e. The maximum Gasteiger partial charge on any atom is 0.166 e. The van der Waals surface area contributed by atoms with E-state index < -0.39 is 0 Å². The minimum atomic E-state index is 0.620. The van der Waals surface area contributed by atoms with Crippen LogP contribution in [0, 0.1) is 5.92 Å². The first kappa shape index (κ1) is 12.1. The highest BCUT2D eigenvalue weighted by Gasteiger charge is 2.17. The summed E-state index contributed by atoms with van der Waals surface area (Å²) in [5.41, 5.74) is 0. The molecule has 1 saturated carbocycles. The average molecular weight is 242 g/mol. The van der Waals surface area contributed by atoms with Crippen molar-refractivity contribution < 1.29 is 4.74 Å². The van der Waals surface area contributed by atoms with Gasteiger partial charge >= 0.3 is 0 Å². The zero-order valence-corrected chi connectivity index (χ0v) is 10.7. The fourth-order valence-electron chi connectivity index (χ4n) is 2.49. The molecule has 0 unspecified atom stereocenters. The lowest BCUT2D eigenvalue weighted by atomic mass is 10.0. The Hall–Kier alpha value is -0.350. The van der Waals surface area contributed by atoms with Gasteiger partial charge in [-0.2, -0.15) is 0 Å². The first-order chi connectivity index (χ1) is 7.84. The van der Waals surface area contributed by atoms with Crippen molar-refractivity contribution in [3.63, 3.8) is 0 Å². The van der Waals surface area contributed by atoms with Crippen molar-refractivity contribution in [3.05, 3.63) is 0 Å². The minimum absolute atomic E-state index is 0.620. The van der Waals surface area contributed by atoms with E-state index in [1.54, 1.807) is 0 Å². The van der Waals surface area contributed by atoms with Gasteiger partial charge in [-0.25, -0.2) is 0 Å². The highest BCUT2D eigenvalue weighted by Crippen LogP contribution is 2.17. The van der Waals surface area contributed by atoms with Crippen LogP contribution < -0.4 is 10.6 Å². The Morgan fingerprint density at radius 1 is 1.12 bits per heavy atom. The molecule has 2 N–H and O–H groups in total. The number of nitrogens with one attached hydrogen (secondary N) is 2. The van der Waals surface area contributed by atoms with Crippen LogP contribution in [0.5, 0.6) is 0 Å². The zero-order valence-electron chi connectivity index (χ0n) is 9.84. The summed E-state index contributed by atoms with van der Waals surface area (Å²) >= 11 is 5.31. The zero-order chi connectivity index (χ0) is 11.2. The monoisotopic (exact) mass is 242 g/mol. The third-order valence-corrected chi connectivity index (χ3v) is 3.84. The standard InChI is InChI=1S/C12H22N2OS/c16-12(14-11-3-1-2-4-11)13-9-10-5-7-15-8-6-10/h10-11H,1-9H2,(H2,13,14,16). The van der Waals surface area contributed by atoms with Gasteiger partial charge in [0.2, 0.25) is 0 Å². The Kier molecular flexibility index (Phi) is 4.85. The molecule has 16 heavy (non-hydrogen) atoms. The maximum absolute atomic E-state index is 5.34. The van der Waals surface area contributed by atoms with Gasteiger partial charge in [0.25, 0.3) is 0 Å². The number of hydrogen-bond donors (Lipinski definition) is 2. The molecule has 0 amide bonds. The van der Waals surface area contributed by atoms with Crippen molar-refractivity contribution >= 4 is 17.3 Å². The van der Waals surface area contributed by atoms with Crippen LogP contribution in [0.1, 0.15) is 38.5 Å². The van der Waals surface area contributed by atoms with E-state index in [0.29, 0.717) is 6.04 Å². The molecule has 0 radical (unpaired) electrons. The van der Waals surface area contributed by atoms with Crippen molar-refractivity contribution in [2.24, 2.45) is 5.92 Å². The summed E-state index contributed by atoms with van der Waals surface area (Å²) < 4.78 is 5.34. The molecule has 2 fully saturated rings. The molecule has 0 bridgehead atoms. The van der Waals surface area contributed by atoms with Crippen LogP contribution in [0.4, 0.5) is 0 Å². The number of rotatable bonds is 3. The normalized spacial score (nSPS) is 23.2. The van der Waals surface area contributed by atoms with E-state index >= 15 is 0 Å². The smallest absolute Gasteiger partial charge is 0.166 e. The van der Waals surface area contributed by atoms with Crippen molar-refractivity contribution in [1.29, 1.82) is 0 Å². The topological polar surface area (TPSA) is 33.3 Å². The summed E-state index contributed by atoms with van der Waals surface area (Å²) in [4.78, 5) is 0. The Labute approximate surface area is 103 Å². The minimum Gasteiger partial charge on any atom is -0.381 e. The van der Waals surface area contributed by atoms with Crippen LogP contribution in [-0.2, 0) is 4.74 Å². The van der Waals surface area contributed by atoms with Crippen LogP contribution in [0.15, 0.2) is 0 Å². The van der Waals surface area contributed by atoms with Gasteiger partial charge in [0.1, 0.15) is 0 Å². The lowest BCUT2D eigenvalue weighted by Crippen LogP contribution is -2.43. The van der Waals surface area contributed by atoms with Crippen molar-refractivity contribution in [1.82, 2.24) is 10.6 Å². The first-order valence-corrected chi connectivity index (χ1v) is 6.87. The molecular formula is C12H22N2OS. The van der Waals surface area contributed by atoms with E-state index in [1.165, 1.54) is 38.5 Å². The summed E-state index contributed by atoms with van der Waals surface area (Å²) in [6, 6.07) is 0.620. The van der Waals surface area contributed by atoms with Crippen LogP contribution >= 0.6 is 12.2 Å². The second-order valence-electron chi connectivity index (χ2n) is 4.89.